The number of nitrogens with zero attached hydrogens (tertiary/aromatic N) is 1. The first-order valence-corrected chi connectivity index (χ1v) is 8.31. The molecule has 0 aliphatic heterocycles. The molecule has 0 radical (unpaired) electrons. The van der Waals surface area contributed by atoms with Gasteiger partial charge in [-0.25, -0.2) is 9.18 Å². The van der Waals surface area contributed by atoms with Crippen molar-refractivity contribution in [1.29, 1.82) is 0 Å². The maximum Gasteiger partial charge on any atom is 0.339 e. The minimum Gasteiger partial charge on any atom is -0.478 e. The first kappa shape index (κ1) is 16.7. The second kappa shape index (κ2) is 6.05. The van der Waals surface area contributed by atoms with E-state index >= 15 is 0 Å². The summed E-state index contributed by atoms with van der Waals surface area (Å²) in [4.78, 5) is 24.4. The molecular formula is C17H16BrFN2O3. The Morgan fingerprint density at radius 1 is 1.38 bits per heavy atom. The van der Waals surface area contributed by atoms with Crippen molar-refractivity contribution in [1.82, 2.24) is 4.57 Å². The standard InChI is InChI=1S/C17H16BrFN2O3/c1-8-15(20-13-6-3-10(18)7-12(13)19)14(17(23)24)9(2)21(16(8)22)11-4-5-11/h3,6-7,11,20H,4-5H2,1-2H3,(H,23,24). The molecular weight excluding hydrogens is 379 g/mol. The van der Waals surface area contributed by atoms with E-state index in [9.17, 15) is 19.1 Å². The Hall–Kier alpha value is -2.15. The quantitative estimate of drug-likeness (QED) is 0.816. The van der Waals surface area contributed by atoms with Gasteiger partial charge in [0.15, 0.2) is 0 Å². The zero-order valence-corrected chi connectivity index (χ0v) is 14.8. The molecule has 3 rings (SSSR count). The molecule has 0 atom stereocenters. The number of rotatable bonds is 4. The molecule has 1 aromatic heterocycles. The number of carboxylic acids is 1. The van der Waals surface area contributed by atoms with Crippen LogP contribution in [0.15, 0.2) is 27.5 Å². The zero-order valence-electron chi connectivity index (χ0n) is 13.2. The third kappa shape index (κ3) is 2.84. The van der Waals surface area contributed by atoms with Crippen molar-refractivity contribution in [2.24, 2.45) is 0 Å². The van der Waals surface area contributed by atoms with Crippen LogP contribution in [0.25, 0.3) is 0 Å². The maximum absolute atomic E-state index is 14.1. The molecule has 5 nitrogen and oxygen atoms in total. The Bertz CT molecular complexity index is 904. The number of benzene rings is 1. The first-order valence-electron chi connectivity index (χ1n) is 7.52. The van der Waals surface area contributed by atoms with Crippen LogP contribution in [0.5, 0.6) is 0 Å². The van der Waals surface area contributed by atoms with Gasteiger partial charge >= 0.3 is 5.97 Å². The van der Waals surface area contributed by atoms with Crippen molar-refractivity contribution in [2.75, 3.05) is 5.32 Å². The van der Waals surface area contributed by atoms with Gasteiger partial charge in [-0.15, -0.1) is 0 Å². The lowest BCUT2D eigenvalue weighted by Gasteiger charge is -2.19. The van der Waals surface area contributed by atoms with Gasteiger partial charge in [0.25, 0.3) is 5.56 Å². The summed E-state index contributed by atoms with van der Waals surface area (Å²) in [5.74, 6) is -1.69. The fraction of sp³-hybridized carbons (Fsp3) is 0.294. The van der Waals surface area contributed by atoms with Crippen molar-refractivity contribution in [3.05, 3.63) is 55.7 Å². The van der Waals surface area contributed by atoms with Crippen LogP contribution < -0.4 is 10.9 Å². The predicted molar refractivity (Wildman–Crippen MR) is 92.8 cm³/mol. The average molecular weight is 395 g/mol. The van der Waals surface area contributed by atoms with Crippen LogP contribution in [-0.4, -0.2) is 15.6 Å². The number of pyridine rings is 1. The third-order valence-electron chi connectivity index (χ3n) is 4.20. The highest BCUT2D eigenvalue weighted by Gasteiger charge is 2.31. The van der Waals surface area contributed by atoms with Crippen LogP contribution in [0.3, 0.4) is 0 Å². The summed E-state index contributed by atoms with van der Waals surface area (Å²) in [5, 5.41) is 12.4. The lowest BCUT2D eigenvalue weighted by molar-refractivity contribution is 0.0696. The van der Waals surface area contributed by atoms with Crippen LogP contribution >= 0.6 is 15.9 Å². The SMILES string of the molecule is Cc1c(Nc2ccc(Br)cc2F)c(C(=O)O)c(C)n(C2CC2)c1=O. The molecule has 1 aliphatic rings. The van der Waals surface area contributed by atoms with Crippen LogP contribution in [0.4, 0.5) is 15.8 Å². The second-order valence-electron chi connectivity index (χ2n) is 5.92. The number of carbonyl (C=O) groups is 1. The molecule has 7 heteroatoms. The lowest BCUT2D eigenvalue weighted by Crippen LogP contribution is -2.28. The van der Waals surface area contributed by atoms with Crippen molar-refractivity contribution >= 4 is 33.3 Å². The molecule has 0 bridgehead atoms. The van der Waals surface area contributed by atoms with E-state index in [1.54, 1.807) is 24.5 Å². The number of hydrogen-bond donors (Lipinski definition) is 2. The Balaban J connectivity index is 2.19. The maximum atomic E-state index is 14.1. The highest BCUT2D eigenvalue weighted by molar-refractivity contribution is 9.10. The Morgan fingerprint density at radius 3 is 2.58 bits per heavy atom. The van der Waals surface area contributed by atoms with Crippen LogP contribution in [0.2, 0.25) is 0 Å². The number of aromatic nitrogens is 1. The molecule has 0 amide bonds. The minimum atomic E-state index is -1.15. The largest absolute Gasteiger partial charge is 0.478 e. The van der Waals surface area contributed by atoms with E-state index in [1.165, 1.54) is 12.1 Å². The second-order valence-corrected chi connectivity index (χ2v) is 6.84. The summed E-state index contributed by atoms with van der Waals surface area (Å²) in [7, 11) is 0. The normalized spacial score (nSPS) is 13.8. The molecule has 2 aromatic rings. The van der Waals surface area contributed by atoms with E-state index in [4.69, 9.17) is 0 Å². The molecule has 0 saturated heterocycles. The number of carboxylic acid groups (broad SMARTS) is 1. The lowest BCUT2D eigenvalue weighted by atomic mass is 10.1. The van der Waals surface area contributed by atoms with Crippen molar-refractivity contribution in [3.8, 4) is 0 Å². The van der Waals surface area contributed by atoms with E-state index in [-0.39, 0.29) is 34.1 Å². The molecule has 1 saturated carbocycles. The first-order chi connectivity index (χ1) is 11.3. The topological polar surface area (TPSA) is 71.3 Å². The van der Waals surface area contributed by atoms with Gasteiger partial charge in [-0.05, 0) is 44.9 Å². The van der Waals surface area contributed by atoms with Crippen molar-refractivity contribution < 1.29 is 14.3 Å². The molecule has 2 N–H and O–H groups in total. The van der Waals surface area contributed by atoms with Crippen LogP contribution in [0, 0.1) is 19.7 Å². The molecule has 1 fully saturated rings. The number of hydrogen-bond acceptors (Lipinski definition) is 3. The van der Waals surface area contributed by atoms with Gasteiger partial charge in [-0.1, -0.05) is 15.9 Å². The summed E-state index contributed by atoms with van der Waals surface area (Å²) in [6.45, 7) is 3.18. The summed E-state index contributed by atoms with van der Waals surface area (Å²) >= 11 is 3.17. The predicted octanol–water partition coefficient (Wildman–Crippen LogP) is 4.14. The molecule has 1 heterocycles. The van der Waals surface area contributed by atoms with Crippen LogP contribution in [-0.2, 0) is 0 Å². The number of aromatic carboxylic acids is 1. The van der Waals surface area contributed by atoms with Gasteiger partial charge in [-0.3, -0.25) is 4.79 Å². The highest BCUT2D eigenvalue weighted by atomic mass is 79.9. The summed E-state index contributed by atoms with van der Waals surface area (Å²) in [6, 6.07) is 4.47. The molecule has 0 spiro atoms. The molecule has 1 aromatic carbocycles. The number of nitrogens with one attached hydrogen (secondary N) is 1. The van der Waals surface area contributed by atoms with E-state index in [2.05, 4.69) is 21.2 Å². The third-order valence-corrected chi connectivity index (χ3v) is 4.70. The Morgan fingerprint density at radius 2 is 2.04 bits per heavy atom. The summed E-state index contributed by atoms with van der Waals surface area (Å²) in [5.41, 5.74) is 0.684. The van der Waals surface area contributed by atoms with Crippen LogP contribution in [0.1, 0.15) is 40.5 Å². The Kier molecular flexibility index (Phi) is 4.21. The van der Waals surface area contributed by atoms with E-state index in [0.717, 1.165) is 12.8 Å². The molecule has 1 aliphatic carbocycles. The van der Waals surface area contributed by atoms with Gasteiger partial charge in [0.05, 0.1) is 11.4 Å². The monoisotopic (exact) mass is 394 g/mol. The van der Waals surface area contributed by atoms with Crippen molar-refractivity contribution in [2.45, 2.75) is 32.7 Å². The van der Waals surface area contributed by atoms with E-state index in [0.29, 0.717) is 10.2 Å². The minimum absolute atomic E-state index is 0.00122. The zero-order chi connectivity index (χ0) is 17.6. The molecule has 0 unspecified atom stereocenters. The van der Waals surface area contributed by atoms with Gasteiger partial charge < -0.3 is 15.0 Å². The average Bonchev–Trinajstić information content (AvgIpc) is 3.31. The van der Waals surface area contributed by atoms with Gasteiger partial charge in [0, 0.05) is 21.8 Å². The smallest absolute Gasteiger partial charge is 0.339 e. The van der Waals surface area contributed by atoms with E-state index < -0.39 is 11.8 Å². The fourth-order valence-electron chi connectivity index (χ4n) is 2.84. The summed E-state index contributed by atoms with van der Waals surface area (Å²) in [6.07, 6.45) is 1.74. The van der Waals surface area contributed by atoms with E-state index in [1.807, 2.05) is 0 Å². The highest BCUT2D eigenvalue weighted by Crippen LogP contribution is 2.37. The number of anilines is 2. The summed E-state index contributed by atoms with van der Waals surface area (Å²) < 4.78 is 16.2. The Labute approximate surface area is 146 Å². The van der Waals surface area contributed by atoms with Crippen molar-refractivity contribution in [3.63, 3.8) is 0 Å². The van der Waals surface area contributed by atoms with Gasteiger partial charge in [0.1, 0.15) is 11.4 Å². The fourth-order valence-corrected chi connectivity index (χ4v) is 3.18. The molecule has 126 valence electrons. The van der Waals surface area contributed by atoms with Gasteiger partial charge in [0.2, 0.25) is 0 Å². The molecule has 24 heavy (non-hydrogen) atoms. The van der Waals surface area contributed by atoms with Gasteiger partial charge in [-0.2, -0.15) is 0 Å². The number of halogens is 2.